The van der Waals surface area contributed by atoms with Crippen molar-refractivity contribution < 1.29 is 23.9 Å². The quantitative estimate of drug-likeness (QED) is 0.267. The second-order valence-corrected chi connectivity index (χ2v) is 12.1. The van der Waals surface area contributed by atoms with Crippen LogP contribution in [0.1, 0.15) is 51.3 Å². The minimum atomic E-state index is -1.02. The summed E-state index contributed by atoms with van der Waals surface area (Å²) >= 11 is 0. The lowest BCUT2D eigenvalue weighted by molar-refractivity contribution is -0.142. The Morgan fingerprint density at radius 3 is 2.21 bits per heavy atom. The molecule has 0 aliphatic rings. The van der Waals surface area contributed by atoms with Gasteiger partial charge in [-0.25, -0.2) is 9.37 Å². The number of aromatic nitrogens is 1. The van der Waals surface area contributed by atoms with Gasteiger partial charge in [-0.3, -0.25) is 14.4 Å². The highest BCUT2D eigenvalue weighted by molar-refractivity contribution is 5.98. The van der Waals surface area contributed by atoms with Crippen LogP contribution in [-0.2, 0) is 32.6 Å². The summed E-state index contributed by atoms with van der Waals surface area (Å²) in [5.41, 5.74) is 8.00. The summed E-state index contributed by atoms with van der Waals surface area (Å²) in [4.78, 5) is 46.0. The van der Waals surface area contributed by atoms with E-state index >= 15 is 0 Å². The van der Waals surface area contributed by atoms with Crippen LogP contribution in [0.5, 0.6) is 5.75 Å². The monoisotopic (exact) mass is 591 g/mol. The van der Waals surface area contributed by atoms with Crippen LogP contribution in [0.25, 0.3) is 0 Å². The highest BCUT2D eigenvalue weighted by Gasteiger charge is 2.34. The van der Waals surface area contributed by atoms with E-state index in [1.54, 1.807) is 62.5 Å². The van der Waals surface area contributed by atoms with Crippen LogP contribution in [0.2, 0.25) is 0 Å². The summed E-state index contributed by atoms with van der Waals surface area (Å²) in [7, 11) is 1.51. The van der Waals surface area contributed by atoms with Gasteiger partial charge in [0.15, 0.2) is 0 Å². The van der Waals surface area contributed by atoms with Crippen LogP contribution in [0.15, 0.2) is 66.9 Å². The molecule has 0 radical (unpaired) electrons. The predicted octanol–water partition coefficient (Wildman–Crippen LogP) is 3.94. The Morgan fingerprint density at radius 1 is 0.977 bits per heavy atom. The number of phenolic OH excluding ortho intramolecular Hbond substituents is 1. The standard InChI is InChI=1S/C33H42FN5O4/c1-20(2)29(39(6)32(43)25(35)18-21-10-13-23(34)14-11-21)31(42)37-26(30(41)38-28-9-7-8-16-36-28)19-22-12-15-27(40)24(17-22)33(3,4)5/h7-17,20,25-26,29,40H,18-19,35H2,1-6H3,(H,37,42)(H,36,38,41). The Hall–Kier alpha value is -4.31. The van der Waals surface area contributed by atoms with Gasteiger partial charge in [0.05, 0.1) is 6.04 Å². The molecule has 3 aromatic rings. The van der Waals surface area contributed by atoms with E-state index in [2.05, 4.69) is 15.6 Å². The van der Waals surface area contributed by atoms with Crippen molar-refractivity contribution in [3.05, 3.63) is 89.4 Å². The number of nitrogens with two attached hydrogens (primary N) is 1. The van der Waals surface area contributed by atoms with Gasteiger partial charge in [0.25, 0.3) is 0 Å². The van der Waals surface area contributed by atoms with Crippen LogP contribution in [0.3, 0.4) is 0 Å². The van der Waals surface area contributed by atoms with E-state index in [0.29, 0.717) is 16.9 Å². The number of aromatic hydroxyl groups is 1. The summed E-state index contributed by atoms with van der Waals surface area (Å²) in [5, 5.41) is 16.0. The number of nitrogens with one attached hydrogen (secondary N) is 2. The van der Waals surface area contributed by atoms with E-state index in [1.807, 2.05) is 26.8 Å². The number of nitrogens with zero attached hydrogens (tertiary/aromatic N) is 2. The van der Waals surface area contributed by atoms with Gasteiger partial charge in [-0.2, -0.15) is 0 Å². The fourth-order valence-corrected chi connectivity index (χ4v) is 4.95. The first-order valence-corrected chi connectivity index (χ1v) is 14.3. The summed E-state index contributed by atoms with van der Waals surface area (Å²) in [5.74, 6) is -1.69. The van der Waals surface area contributed by atoms with E-state index in [0.717, 1.165) is 5.56 Å². The first-order chi connectivity index (χ1) is 20.2. The molecule has 0 fully saturated rings. The molecule has 9 nitrogen and oxygen atoms in total. The van der Waals surface area contributed by atoms with Gasteiger partial charge in [-0.1, -0.05) is 65.0 Å². The Kier molecular flexibility index (Phi) is 11.0. The summed E-state index contributed by atoms with van der Waals surface area (Å²) in [6.45, 7) is 9.52. The molecule has 1 heterocycles. The number of anilines is 1. The Balaban J connectivity index is 1.85. The van der Waals surface area contributed by atoms with Crippen LogP contribution < -0.4 is 16.4 Å². The van der Waals surface area contributed by atoms with Crippen molar-refractivity contribution in [2.75, 3.05) is 12.4 Å². The smallest absolute Gasteiger partial charge is 0.248 e. The number of carbonyl (C=O) groups excluding carboxylic acids is 3. The number of hydrogen-bond acceptors (Lipinski definition) is 6. The molecule has 3 rings (SSSR count). The van der Waals surface area contributed by atoms with Gasteiger partial charge in [-0.05, 0) is 64.8 Å². The lowest BCUT2D eigenvalue weighted by Crippen LogP contribution is -2.57. The van der Waals surface area contributed by atoms with E-state index in [9.17, 15) is 23.9 Å². The number of phenols is 1. The summed E-state index contributed by atoms with van der Waals surface area (Å²) < 4.78 is 13.3. The Bertz CT molecular complexity index is 1410. The van der Waals surface area contributed by atoms with Crippen molar-refractivity contribution in [1.29, 1.82) is 0 Å². The van der Waals surface area contributed by atoms with Gasteiger partial charge in [0.2, 0.25) is 17.7 Å². The normalized spacial score (nSPS) is 13.6. The molecular weight excluding hydrogens is 549 g/mol. The van der Waals surface area contributed by atoms with Crippen LogP contribution in [0, 0.1) is 11.7 Å². The van der Waals surface area contributed by atoms with Crippen molar-refractivity contribution in [3.63, 3.8) is 0 Å². The van der Waals surface area contributed by atoms with E-state index in [1.165, 1.54) is 24.1 Å². The van der Waals surface area contributed by atoms with Gasteiger partial charge < -0.3 is 26.4 Å². The molecule has 0 saturated heterocycles. The maximum absolute atomic E-state index is 13.8. The third-order valence-corrected chi connectivity index (χ3v) is 7.21. The maximum atomic E-state index is 13.8. The van der Waals surface area contributed by atoms with Crippen molar-refractivity contribution in [1.82, 2.24) is 15.2 Å². The fourth-order valence-electron chi connectivity index (χ4n) is 4.95. The van der Waals surface area contributed by atoms with E-state index < -0.39 is 35.8 Å². The van der Waals surface area contributed by atoms with Gasteiger partial charge in [-0.15, -0.1) is 0 Å². The molecule has 3 unspecified atom stereocenters. The van der Waals surface area contributed by atoms with Crippen LogP contribution in [0.4, 0.5) is 10.2 Å². The summed E-state index contributed by atoms with van der Waals surface area (Å²) in [6, 6.07) is 13.0. The molecule has 5 N–H and O–H groups in total. The largest absolute Gasteiger partial charge is 0.508 e. The number of carbonyl (C=O) groups is 3. The molecule has 3 atom stereocenters. The highest BCUT2D eigenvalue weighted by atomic mass is 19.1. The average Bonchev–Trinajstić information content (AvgIpc) is 2.94. The minimum absolute atomic E-state index is 0.125. The molecule has 0 saturated carbocycles. The number of halogens is 1. The van der Waals surface area contributed by atoms with Crippen molar-refractivity contribution >= 4 is 23.5 Å². The molecule has 43 heavy (non-hydrogen) atoms. The van der Waals surface area contributed by atoms with Crippen molar-refractivity contribution in [3.8, 4) is 5.75 Å². The van der Waals surface area contributed by atoms with Gasteiger partial charge >= 0.3 is 0 Å². The van der Waals surface area contributed by atoms with Crippen molar-refractivity contribution in [2.24, 2.45) is 11.7 Å². The zero-order valence-corrected chi connectivity index (χ0v) is 25.6. The molecule has 3 amide bonds. The van der Waals surface area contributed by atoms with E-state index in [4.69, 9.17) is 5.73 Å². The summed E-state index contributed by atoms with van der Waals surface area (Å²) in [6.07, 6.45) is 1.84. The second-order valence-electron chi connectivity index (χ2n) is 12.1. The number of rotatable bonds is 11. The number of pyridine rings is 1. The zero-order valence-electron chi connectivity index (χ0n) is 25.6. The SMILES string of the molecule is CC(C)C(C(=O)NC(Cc1ccc(O)c(C(C)(C)C)c1)C(=O)Nc1ccccn1)N(C)C(=O)C(N)Cc1ccc(F)cc1. The van der Waals surface area contributed by atoms with Crippen LogP contribution >= 0.6 is 0 Å². The third kappa shape index (κ3) is 9.09. The molecular formula is C33H42FN5O4. The maximum Gasteiger partial charge on any atom is 0.248 e. The number of benzene rings is 2. The molecule has 0 bridgehead atoms. The Labute approximate surface area is 252 Å². The molecule has 0 spiro atoms. The molecule has 10 heteroatoms. The fraction of sp³-hybridized carbons (Fsp3) is 0.394. The zero-order chi connectivity index (χ0) is 31.9. The van der Waals surface area contributed by atoms with Crippen molar-refractivity contribution in [2.45, 2.75) is 71.0 Å². The molecule has 230 valence electrons. The highest BCUT2D eigenvalue weighted by Crippen LogP contribution is 2.31. The molecule has 0 aliphatic carbocycles. The number of likely N-dealkylation sites (N-methyl/N-ethyl adjacent to an activating group) is 1. The number of hydrogen-bond donors (Lipinski definition) is 4. The average molecular weight is 592 g/mol. The Morgan fingerprint density at radius 2 is 1.63 bits per heavy atom. The first kappa shape index (κ1) is 33.2. The number of amides is 3. The molecule has 2 aromatic carbocycles. The topological polar surface area (TPSA) is 138 Å². The predicted molar refractivity (Wildman–Crippen MR) is 165 cm³/mol. The third-order valence-electron chi connectivity index (χ3n) is 7.21. The lowest BCUT2D eigenvalue weighted by atomic mass is 9.84. The lowest BCUT2D eigenvalue weighted by Gasteiger charge is -2.33. The second kappa shape index (κ2) is 14.2. The van der Waals surface area contributed by atoms with Gasteiger partial charge in [0.1, 0.15) is 29.5 Å². The van der Waals surface area contributed by atoms with Gasteiger partial charge in [0, 0.05) is 19.7 Å². The molecule has 1 aromatic heterocycles. The van der Waals surface area contributed by atoms with E-state index in [-0.39, 0.29) is 35.7 Å². The minimum Gasteiger partial charge on any atom is -0.508 e. The molecule has 0 aliphatic heterocycles. The first-order valence-electron chi connectivity index (χ1n) is 14.3. The van der Waals surface area contributed by atoms with Crippen LogP contribution in [-0.4, -0.2) is 57.9 Å².